The van der Waals surface area contributed by atoms with E-state index in [4.69, 9.17) is 19.9 Å². The van der Waals surface area contributed by atoms with Crippen LogP contribution in [-0.4, -0.2) is 44.5 Å². The van der Waals surface area contributed by atoms with E-state index in [-0.39, 0.29) is 5.97 Å². The van der Waals surface area contributed by atoms with Gasteiger partial charge in [-0.25, -0.2) is 0 Å². The van der Waals surface area contributed by atoms with E-state index < -0.39 is 12.1 Å². The average Bonchev–Trinajstić information content (AvgIpc) is 2.98. The highest BCUT2D eigenvalue weighted by atomic mass is 16.6. The lowest BCUT2D eigenvalue weighted by Crippen LogP contribution is -2.39. The van der Waals surface area contributed by atoms with Crippen LogP contribution < -0.4 is 5.73 Å². The molecule has 0 bridgehead atoms. The van der Waals surface area contributed by atoms with Gasteiger partial charge in [-0.3, -0.25) is 4.79 Å². The van der Waals surface area contributed by atoms with Gasteiger partial charge in [-0.2, -0.15) is 0 Å². The summed E-state index contributed by atoms with van der Waals surface area (Å²) in [5.41, 5.74) is 7.21. The molecule has 0 saturated heterocycles. The molecule has 1 rings (SSSR count). The number of benzene rings is 1. The second-order valence-corrected chi connectivity index (χ2v) is 11.9. The highest BCUT2D eigenvalue weighted by Gasteiger charge is 2.21. The fourth-order valence-electron chi connectivity index (χ4n) is 5.13. The first kappa shape index (κ1) is 37.6. The molecule has 0 fully saturated rings. The van der Waals surface area contributed by atoms with Crippen molar-refractivity contribution < 1.29 is 19.0 Å². The number of hydrogen-bond donors (Lipinski definition) is 1. The van der Waals surface area contributed by atoms with Crippen molar-refractivity contribution in [1.29, 1.82) is 0 Å². The van der Waals surface area contributed by atoms with Crippen LogP contribution in [0.5, 0.6) is 0 Å². The predicted octanol–water partition coefficient (Wildman–Crippen LogP) is 9.34. The van der Waals surface area contributed by atoms with Gasteiger partial charge >= 0.3 is 5.97 Å². The van der Waals surface area contributed by atoms with Gasteiger partial charge in [-0.05, 0) is 24.8 Å². The first-order valence-electron chi connectivity index (χ1n) is 17.3. The Morgan fingerprint density at radius 2 is 1.00 bits per heavy atom. The molecule has 0 radical (unpaired) electrons. The monoisotopic (exact) mass is 575 g/mol. The molecule has 0 aliphatic rings. The molecule has 41 heavy (non-hydrogen) atoms. The number of esters is 1. The van der Waals surface area contributed by atoms with Crippen LogP contribution in [0, 0.1) is 0 Å². The van der Waals surface area contributed by atoms with Gasteiger partial charge in [-0.15, -0.1) is 0 Å². The van der Waals surface area contributed by atoms with Crippen LogP contribution in [0.25, 0.3) is 0 Å². The summed E-state index contributed by atoms with van der Waals surface area (Å²) in [5.74, 6) is -0.385. The molecule has 0 aliphatic heterocycles. The van der Waals surface area contributed by atoms with Crippen LogP contribution in [0.4, 0.5) is 0 Å². The maximum atomic E-state index is 12.7. The van der Waals surface area contributed by atoms with E-state index in [2.05, 4.69) is 13.8 Å². The van der Waals surface area contributed by atoms with Crippen LogP contribution in [0.15, 0.2) is 30.3 Å². The minimum absolute atomic E-state index is 0.360. The van der Waals surface area contributed by atoms with Gasteiger partial charge in [0, 0.05) is 13.2 Å². The molecule has 5 nitrogen and oxygen atoms in total. The lowest BCUT2D eigenvalue weighted by atomic mass is 10.1. The van der Waals surface area contributed by atoms with Gasteiger partial charge in [0.25, 0.3) is 0 Å². The van der Waals surface area contributed by atoms with E-state index >= 15 is 0 Å². The molecule has 1 atom stereocenters. The molecule has 5 heteroatoms. The largest absolute Gasteiger partial charge is 0.456 e. The molecule has 0 aromatic heterocycles. The minimum atomic E-state index is -0.691. The molecule has 0 unspecified atom stereocenters. The third-order valence-electron chi connectivity index (χ3n) is 7.78. The van der Waals surface area contributed by atoms with E-state index in [1.165, 1.54) is 116 Å². The SMILES string of the molecule is CCCCCCCCCCCCOCC(COCCCCCCCCCCCC)OC(=O)[C@@H](N)Cc1ccccc1. The zero-order valence-electron chi connectivity index (χ0n) is 26.9. The van der Waals surface area contributed by atoms with Gasteiger partial charge in [-0.1, -0.05) is 160 Å². The van der Waals surface area contributed by atoms with Crippen molar-refractivity contribution in [3.05, 3.63) is 35.9 Å². The standard InChI is InChI=1S/C36H65NO4/c1-3-5-7-9-11-13-15-17-19-24-28-39-31-34(41-36(38)35(37)30-33-26-22-21-23-27-33)32-40-29-25-20-18-16-14-12-10-8-6-4-2/h21-23,26-27,34-35H,3-20,24-25,28-32,37H2,1-2H3/t35-/m0/s1. The van der Waals surface area contributed by atoms with Crippen LogP contribution >= 0.6 is 0 Å². The first-order chi connectivity index (χ1) is 20.2. The van der Waals surface area contributed by atoms with E-state index in [1.807, 2.05) is 30.3 Å². The van der Waals surface area contributed by atoms with Crippen molar-refractivity contribution >= 4 is 5.97 Å². The lowest BCUT2D eigenvalue weighted by Gasteiger charge is -2.20. The zero-order chi connectivity index (χ0) is 29.6. The summed E-state index contributed by atoms with van der Waals surface area (Å²) in [6, 6.07) is 9.15. The van der Waals surface area contributed by atoms with Crippen LogP contribution in [-0.2, 0) is 25.4 Å². The Hall–Kier alpha value is -1.43. The topological polar surface area (TPSA) is 70.8 Å². The summed E-state index contributed by atoms with van der Waals surface area (Å²) in [6.07, 6.45) is 26.0. The van der Waals surface area contributed by atoms with Crippen molar-refractivity contribution in [3.63, 3.8) is 0 Å². The summed E-state index contributed by atoms with van der Waals surface area (Å²) >= 11 is 0. The van der Waals surface area contributed by atoms with Crippen LogP contribution in [0.1, 0.15) is 148 Å². The van der Waals surface area contributed by atoms with Gasteiger partial charge in [0.2, 0.25) is 0 Å². The molecule has 1 aromatic carbocycles. The van der Waals surface area contributed by atoms with Crippen LogP contribution in [0.3, 0.4) is 0 Å². The van der Waals surface area contributed by atoms with E-state index in [9.17, 15) is 4.79 Å². The number of carbonyl (C=O) groups excluding carboxylic acids is 1. The Morgan fingerprint density at radius 3 is 1.41 bits per heavy atom. The Balaban J connectivity index is 2.24. The third-order valence-corrected chi connectivity index (χ3v) is 7.78. The highest BCUT2D eigenvalue weighted by molar-refractivity contribution is 5.76. The van der Waals surface area contributed by atoms with Gasteiger partial charge in [0.05, 0.1) is 13.2 Å². The fraction of sp³-hybridized carbons (Fsp3) is 0.806. The Bertz CT molecular complexity index is 655. The number of hydrogen-bond acceptors (Lipinski definition) is 5. The van der Waals surface area contributed by atoms with E-state index in [1.54, 1.807) is 0 Å². The molecular weight excluding hydrogens is 510 g/mol. The molecule has 2 N–H and O–H groups in total. The molecule has 0 heterocycles. The summed E-state index contributed by atoms with van der Waals surface area (Å²) < 4.78 is 17.6. The molecule has 0 amide bonds. The van der Waals surface area contributed by atoms with Gasteiger partial charge < -0.3 is 19.9 Å². The molecule has 0 spiro atoms. The quantitative estimate of drug-likeness (QED) is 0.0731. The number of rotatable bonds is 30. The molecule has 1 aromatic rings. The van der Waals surface area contributed by atoms with Crippen molar-refractivity contribution in [3.8, 4) is 0 Å². The van der Waals surface area contributed by atoms with Crippen molar-refractivity contribution in [2.24, 2.45) is 5.73 Å². The minimum Gasteiger partial charge on any atom is -0.456 e. The maximum Gasteiger partial charge on any atom is 0.323 e. The zero-order valence-corrected chi connectivity index (χ0v) is 26.9. The van der Waals surface area contributed by atoms with E-state index in [0.29, 0.717) is 32.8 Å². The maximum absolute atomic E-state index is 12.7. The Labute approximate surface area is 253 Å². The highest BCUT2D eigenvalue weighted by Crippen LogP contribution is 2.12. The Morgan fingerprint density at radius 1 is 0.610 bits per heavy atom. The van der Waals surface area contributed by atoms with Crippen LogP contribution in [0.2, 0.25) is 0 Å². The summed E-state index contributed by atoms with van der Waals surface area (Å²) in [5, 5.41) is 0. The second kappa shape index (κ2) is 28.7. The predicted molar refractivity (Wildman–Crippen MR) is 173 cm³/mol. The summed E-state index contributed by atoms with van der Waals surface area (Å²) in [4.78, 5) is 12.7. The van der Waals surface area contributed by atoms with Crippen molar-refractivity contribution in [2.45, 2.75) is 161 Å². The second-order valence-electron chi connectivity index (χ2n) is 11.9. The Kier molecular flexibility index (Phi) is 26.3. The summed E-state index contributed by atoms with van der Waals surface area (Å²) in [7, 11) is 0. The number of carbonyl (C=O) groups is 1. The summed E-state index contributed by atoms with van der Waals surface area (Å²) in [6.45, 7) is 6.64. The normalized spacial score (nSPS) is 12.2. The smallest absolute Gasteiger partial charge is 0.323 e. The average molecular weight is 576 g/mol. The lowest BCUT2D eigenvalue weighted by molar-refractivity contribution is -0.157. The number of ether oxygens (including phenoxy) is 3. The molecule has 0 aliphatic carbocycles. The molecule has 0 saturated carbocycles. The van der Waals surface area contributed by atoms with Gasteiger partial charge in [0.15, 0.2) is 0 Å². The van der Waals surface area contributed by atoms with Crippen molar-refractivity contribution in [1.82, 2.24) is 0 Å². The number of nitrogens with two attached hydrogens (primary N) is 1. The fourth-order valence-corrected chi connectivity index (χ4v) is 5.13. The molecular formula is C36H65NO4. The van der Waals surface area contributed by atoms with Gasteiger partial charge in [0.1, 0.15) is 12.1 Å². The first-order valence-corrected chi connectivity index (χ1v) is 17.3. The van der Waals surface area contributed by atoms with E-state index in [0.717, 1.165) is 18.4 Å². The third kappa shape index (κ3) is 23.8. The number of unbranched alkanes of at least 4 members (excludes halogenated alkanes) is 18. The van der Waals surface area contributed by atoms with Crippen molar-refractivity contribution in [2.75, 3.05) is 26.4 Å². The molecule has 238 valence electrons.